The summed E-state index contributed by atoms with van der Waals surface area (Å²) in [6, 6.07) is 4.33. The number of hydrogen-bond acceptors (Lipinski definition) is 3. The molecule has 6 heteroatoms. The van der Waals surface area contributed by atoms with E-state index in [2.05, 4.69) is 9.97 Å². The highest BCUT2D eigenvalue weighted by atomic mass is 19.1. The highest BCUT2D eigenvalue weighted by Gasteiger charge is 2.11. The van der Waals surface area contributed by atoms with E-state index in [0.717, 1.165) is 18.2 Å². The molecule has 0 atom stereocenters. The van der Waals surface area contributed by atoms with E-state index in [-0.39, 0.29) is 17.1 Å². The second-order valence-electron chi connectivity index (χ2n) is 3.25. The van der Waals surface area contributed by atoms with Gasteiger partial charge in [0.15, 0.2) is 0 Å². The summed E-state index contributed by atoms with van der Waals surface area (Å²) < 4.78 is 26.4. The van der Waals surface area contributed by atoms with Crippen molar-refractivity contribution in [3.8, 4) is 11.3 Å². The van der Waals surface area contributed by atoms with E-state index in [4.69, 9.17) is 5.73 Å². The lowest BCUT2D eigenvalue weighted by Gasteiger charge is -2.03. The Bertz CT molecular complexity index is 587. The third-order valence-corrected chi connectivity index (χ3v) is 2.08. The minimum atomic E-state index is -0.830. The van der Waals surface area contributed by atoms with Crippen molar-refractivity contribution in [2.75, 3.05) is 0 Å². The molecule has 0 unspecified atom stereocenters. The average Bonchev–Trinajstić information content (AvgIpc) is 2.32. The van der Waals surface area contributed by atoms with Crippen molar-refractivity contribution in [2.24, 2.45) is 5.73 Å². The van der Waals surface area contributed by atoms with E-state index in [0.29, 0.717) is 0 Å². The van der Waals surface area contributed by atoms with Crippen LogP contribution in [0.15, 0.2) is 30.5 Å². The highest BCUT2D eigenvalue weighted by Crippen LogP contribution is 2.21. The normalized spacial score (nSPS) is 10.2. The van der Waals surface area contributed by atoms with Crippen molar-refractivity contribution in [3.63, 3.8) is 0 Å². The van der Waals surface area contributed by atoms with Crippen LogP contribution in [0.1, 0.15) is 10.6 Å². The number of amides is 1. The van der Waals surface area contributed by atoms with Gasteiger partial charge in [0, 0.05) is 11.8 Å². The van der Waals surface area contributed by atoms with E-state index in [1.807, 2.05) is 0 Å². The number of rotatable bonds is 2. The van der Waals surface area contributed by atoms with Gasteiger partial charge < -0.3 is 5.73 Å². The van der Waals surface area contributed by atoms with E-state index < -0.39 is 17.5 Å². The first kappa shape index (κ1) is 11.1. The Morgan fingerprint density at radius 2 is 2.00 bits per heavy atom. The maximum atomic E-state index is 13.4. The van der Waals surface area contributed by atoms with Gasteiger partial charge >= 0.3 is 0 Å². The van der Waals surface area contributed by atoms with E-state index in [1.165, 1.54) is 12.3 Å². The molecule has 1 aromatic carbocycles. The summed E-state index contributed by atoms with van der Waals surface area (Å²) in [6.07, 6.45) is 1.26. The molecule has 0 aliphatic heterocycles. The van der Waals surface area contributed by atoms with Gasteiger partial charge in [-0.2, -0.15) is 0 Å². The zero-order valence-electron chi connectivity index (χ0n) is 8.52. The predicted octanol–water partition coefficient (Wildman–Crippen LogP) is 1.52. The number of hydrogen-bond donors (Lipinski definition) is 1. The number of carbonyl (C=O) groups is 1. The molecule has 2 rings (SSSR count). The molecule has 0 aliphatic carbocycles. The highest BCUT2D eigenvalue weighted by molar-refractivity contribution is 5.89. The number of benzene rings is 1. The Morgan fingerprint density at radius 1 is 1.24 bits per heavy atom. The van der Waals surface area contributed by atoms with Crippen LogP contribution >= 0.6 is 0 Å². The fourth-order valence-electron chi connectivity index (χ4n) is 1.32. The molecule has 1 heterocycles. The molecular weight excluding hydrogens is 228 g/mol. The van der Waals surface area contributed by atoms with Crippen LogP contribution in [0, 0.1) is 11.6 Å². The Hall–Kier alpha value is -2.37. The molecule has 4 nitrogen and oxygen atoms in total. The molecule has 0 saturated heterocycles. The van der Waals surface area contributed by atoms with E-state index in [1.54, 1.807) is 0 Å². The summed E-state index contributed by atoms with van der Waals surface area (Å²) in [7, 11) is 0. The summed E-state index contributed by atoms with van der Waals surface area (Å²) in [5, 5.41) is 0. The smallest absolute Gasteiger partial charge is 0.286 e. The first-order chi connectivity index (χ1) is 8.08. The zero-order valence-corrected chi connectivity index (χ0v) is 8.52. The van der Waals surface area contributed by atoms with Crippen LogP contribution in [-0.4, -0.2) is 15.9 Å². The Labute approximate surface area is 95.1 Å². The van der Waals surface area contributed by atoms with Gasteiger partial charge in [-0.3, -0.25) is 4.79 Å². The maximum absolute atomic E-state index is 13.4. The fourth-order valence-corrected chi connectivity index (χ4v) is 1.32. The van der Waals surface area contributed by atoms with Crippen molar-refractivity contribution in [3.05, 3.63) is 47.9 Å². The van der Waals surface area contributed by atoms with Gasteiger partial charge in [0.2, 0.25) is 5.82 Å². The largest absolute Gasteiger partial charge is 0.363 e. The topological polar surface area (TPSA) is 68.9 Å². The van der Waals surface area contributed by atoms with Gasteiger partial charge in [0.25, 0.3) is 5.91 Å². The third kappa shape index (κ3) is 2.25. The van der Waals surface area contributed by atoms with Crippen molar-refractivity contribution in [1.82, 2.24) is 9.97 Å². The summed E-state index contributed by atoms with van der Waals surface area (Å²) in [5.41, 5.74) is 5.05. The van der Waals surface area contributed by atoms with Crippen LogP contribution in [0.3, 0.4) is 0 Å². The van der Waals surface area contributed by atoms with Crippen molar-refractivity contribution < 1.29 is 13.6 Å². The van der Waals surface area contributed by atoms with E-state index in [9.17, 15) is 13.6 Å². The minimum Gasteiger partial charge on any atom is -0.363 e. The molecule has 0 spiro atoms. The number of primary amides is 1. The van der Waals surface area contributed by atoms with Gasteiger partial charge in [-0.1, -0.05) is 0 Å². The molecular formula is C11H7F2N3O. The molecule has 0 bridgehead atoms. The lowest BCUT2D eigenvalue weighted by molar-refractivity contribution is 0.0990. The molecule has 0 radical (unpaired) electrons. The van der Waals surface area contributed by atoms with Crippen LogP contribution in [0.4, 0.5) is 8.78 Å². The zero-order chi connectivity index (χ0) is 12.4. The molecule has 2 N–H and O–H groups in total. The third-order valence-electron chi connectivity index (χ3n) is 2.08. The molecule has 86 valence electrons. The molecule has 1 aromatic heterocycles. The maximum Gasteiger partial charge on any atom is 0.286 e. The molecule has 2 aromatic rings. The van der Waals surface area contributed by atoms with Crippen LogP contribution in [0.2, 0.25) is 0 Å². The number of halogens is 2. The number of nitrogens with two attached hydrogens (primary N) is 1. The van der Waals surface area contributed by atoms with Crippen molar-refractivity contribution >= 4 is 5.91 Å². The molecule has 1 amide bonds. The van der Waals surface area contributed by atoms with Gasteiger partial charge in [-0.15, -0.1) is 0 Å². The van der Waals surface area contributed by atoms with Crippen LogP contribution in [0.25, 0.3) is 11.3 Å². The summed E-state index contributed by atoms with van der Waals surface area (Å²) in [4.78, 5) is 18.2. The fraction of sp³-hybridized carbons (Fsp3) is 0. The summed E-state index contributed by atoms with van der Waals surface area (Å²) >= 11 is 0. The molecule has 0 fully saturated rings. The molecule has 17 heavy (non-hydrogen) atoms. The first-order valence-corrected chi connectivity index (χ1v) is 4.66. The Balaban J connectivity index is 2.56. The number of aromatic nitrogens is 2. The van der Waals surface area contributed by atoms with Gasteiger partial charge in [0.05, 0.1) is 5.69 Å². The SMILES string of the molecule is NC(=O)c1nccc(-c2cc(F)ccc2F)n1. The minimum absolute atomic E-state index is 0.0464. The molecule has 0 aliphatic rings. The second kappa shape index (κ2) is 4.25. The second-order valence-corrected chi connectivity index (χ2v) is 3.25. The van der Waals surface area contributed by atoms with Gasteiger partial charge in [0.1, 0.15) is 11.6 Å². The monoisotopic (exact) mass is 235 g/mol. The quantitative estimate of drug-likeness (QED) is 0.857. The van der Waals surface area contributed by atoms with Crippen LogP contribution in [-0.2, 0) is 0 Å². The first-order valence-electron chi connectivity index (χ1n) is 4.66. The number of carbonyl (C=O) groups excluding carboxylic acids is 1. The van der Waals surface area contributed by atoms with Crippen LogP contribution < -0.4 is 5.73 Å². The number of nitrogens with zero attached hydrogens (tertiary/aromatic N) is 2. The standard InChI is InChI=1S/C11H7F2N3O/c12-6-1-2-8(13)7(5-6)9-3-4-15-11(16-9)10(14)17/h1-5H,(H2,14,17). The average molecular weight is 235 g/mol. The van der Waals surface area contributed by atoms with E-state index >= 15 is 0 Å². The lowest BCUT2D eigenvalue weighted by Crippen LogP contribution is -2.15. The summed E-state index contributed by atoms with van der Waals surface area (Å²) in [5.74, 6) is -2.31. The summed E-state index contributed by atoms with van der Waals surface area (Å²) in [6.45, 7) is 0. The lowest BCUT2D eigenvalue weighted by atomic mass is 10.1. The van der Waals surface area contributed by atoms with Crippen molar-refractivity contribution in [2.45, 2.75) is 0 Å². The molecule has 0 saturated carbocycles. The predicted molar refractivity (Wildman–Crippen MR) is 55.9 cm³/mol. The van der Waals surface area contributed by atoms with Crippen LogP contribution in [0.5, 0.6) is 0 Å². The Kier molecular flexibility index (Phi) is 2.78. The van der Waals surface area contributed by atoms with Gasteiger partial charge in [-0.05, 0) is 24.3 Å². The van der Waals surface area contributed by atoms with Gasteiger partial charge in [-0.25, -0.2) is 18.7 Å². The van der Waals surface area contributed by atoms with Crippen molar-refractivity contribution in [1.29, 1.82) is 0 Å². The Morgan fingerprint density at radius 3 is 2.71 bits per heavy atom.